The van der Waals surface area contributed by atoms with Crippen LogP contribution in [0, 0.1) is 5.92 Å². The smallest absolute Gasteiger partial charge is 0.308 e. The molecule has 1 saturated heterocycles. The standard InChI is InChI=1S/C9H14N4O4/c1-6(9(14)15)4-13-8(10-11-12-13)7-5-16-2-3-17-7/h6-7H,2-5H2,1H3,(H,14,15). The maximum Gasteiger partial charge on any atom is 0.308 e. The molecule has 8 nitrogen and oxygen atoms in total. The van der Waals surface area contributed by atoms with E-state index < -0.39 is 11.9 Å². The van der Waals surface area contributed by atoms with Crippen molar-refractivity contribution in [1.82, 2.24) is 20.2 Å². The third-order valence-corrected chi connectivity index (χ3v) is 2.53. The van der Waals surface area contributed by atoms with Gasteiger partial charge in [-0.05, 0) is 10.4 Å². The van der Waals surface area contributed by atoms with E-state index in [4.69, 9.17) is 14.6 Å². The van der Waals surface area contributed by atoms with Crippen LogP contribution in [0.25, 0.3) is 0 Å². The molecule has 1 aromatic rings. The van der Waals surface area contributed by atoms with Crippen molar-refractivity contribution in [3.8, 4) is 0 Å². The van der Waals surface area contributed by atoms with Crippen molar-refractivity contribution in [3.63, 3.8) is 0 Å². The molecule has 2 rings (SSSR count). The fraction of sp³-hybridized carbons (Fsp3) is 0.778. The van der Waals surface area contributed by atoms with Gasteiger partial charge >= 0.3 is 5.97 Å². The van der Waals surface area contributed by atoms with Crippen LogP contribution in [0.4, 0.5) is 0 Å². The molecule has 0 radical (unpaired) electrons. The molecule has 2 unspecified atom stereocenters. The molecule has 2 atom stereocenters. The highest BCUT2D eigenvalue weighted by Crippen LogP contribution is 2.18. The van der Waals surface area contributed by atoms with Gasteiger partial charge < -0.3 is 14.6 Å². The van der Waals surface area contributed by atoms with E-state index in [0.717, 1.165) is 0 Å². The van der Waals surface area contributed by atoms with Crippen molar-refractivity contribution in [2.45, 2.75) is 19.6 Å². The highest BCUT2D eigenvalue weighted by atomic mass is 16.6. The molecular formula is C9H14N4O4. The Morgan fingerprint density at radius 2 is 2.47 bits per heavy atom. The molecule has 0 aromatic carbocycles. The Bertz CT molecular complexity index is 388. The Hall–Kier alpha value is -1.54. The summed E-state index contributed by atoms with van der Waals surface area (Å²) in [4.78, 5) is 10.8. The second-order valence-electron chi connectivity index (χ2n) is 3.89. The first-order valence-corrected chi connectivity index (χ1v) is 5.36. The number of carboxylic acids is 1. The van der Waals surface area contributed by atoms with Gasteiger partial charge in [-0.1, -0.05) is 6.92 Å². The summed E-state index contributed by atoms with van der Waals surface area (Å²) in [7, 11) is 0. The van der Waals surface area contributed by atoms with E-state index in [-0.39, 0.29) is 12.6 Å². The number of aliphatic carboxylic acids is 1. The number of hydrogen-bond acceptors (Lipinski definition) is 6. The van der Waals surface area contributed by atoms with Crippen LogP contribution in [0.2, 0.25) is 0 Å². The van der Waals surface area contributed by atoms with Gasteiger partial charge in [0.05, 0.1) is 32.3 Å². The predicted molar refractivity (Wildman–Crippen MR) is 54.1 cm³/mol. The second-order valence-corrected chi connectivity index (χ2v) is 3.89. The lowest BCUT2D eigenvalue weighted by atomic mass is 10.2. The van der Waals surface area contributed by atoms with Crippen molar-refractivity contribution in [2.24, 2.45) is 5.92 Å². The average molecular weight is 242 g/mol. The zero-order valence-corrected chi connectivity index (χ0v) is 9.44. The van der Waals surface area contributed by atoms with Crippen molar-refractivity contribution in [1.29, 1.82) is 0 Å². The summed E-state index contributed by atoms with van der Waals surface area (Å²) in [6.45, 7) is 3.26. The molecule has 0 amide bonds. The number of hydrogen-bond donors (Lipinski definition) is 1. The lowest BCUT2D eigenvalue weighted by Crippen LogP contribution is -2.27. The molecule has 1 aliphatic rings. The zero-order valence-electron chi connectivity index (χ0n) is 9.44. The normalized spacial score (nSPS) is 22.3. The lowest BCUT2D eigenvalue weighted by molar-refractivity contribution is -0.141. The molecule has 0 aliphatic carbocycles. The van der Waals surface area contributed by atoms with Crippen LogP contribution in [0.1, 0.15) is 18.9 Å². The van der Waals surface area contributed by atoms with Crippen LogP contribution >= 0.6 is 0 Å². The molecule has 94 valence electrons. The first kappa shape index (κ1) is 11.9. The van der Waals surface area contributed by atoms with Crippen molar-refractivity contribution >= 4 is 5.97 Å². The Labute approximate surface area is 97.5 Å². The molecule has 2 heterocycles. The monoisotopic (exact) mass is 242 g/mol. The van der Waals surface area contributed by atoms with Gasteiger partial charge in [-0.15, -0.1) is 5.10 Å². The van der Waals surface area contributed by atoms with Gasteiger partial charge in [-0.3, -0.25) is 4.79 Å². The minimum Gasteiger partial charge on any atom is -0.481 e. The number of carbonyl (C=O) groups is 1. The van der Waals surface area contributed by atoms with Gasteiger partial charge in [-0.2, -0.15) is 0 Å². The maximum absolute atomic E-state index is 10.8. The van der Waals surface area contributed by atoms with Crippen LogP contribution in [0.5, 0.6) is 0 Å². The first-order chi connectivity index (χ1) is 8.18. The summed E-state index contributed by atoms with van der Waals surface area (Å²) < 4.78 is 12.2. The number of aromatic nitrogens is 4. The Morgan fingerprint density at radius 3 is 3.12 bits per heavy atom. The number of rotatable bonds is 4. The van der Waals surface area contributed by atoms with E-state index in [0.29, 0.717) is 25.6 Å². The van der Waals surface area contributed by atoms with Gasteiger partial charge in [0.1, 0.15) is 6.10 Å². The van der Waals surface area contributed by atoms with E-state index >= 15 is 0 Å². The van der Waals surface area contributed by atoms with Gasteiger partial charge in [-0.25, -0.2) is 4.68 Å². The molecule has 8 heteroatoms. The number of carboxylic acid groups (broad SMARTS) is 1. The average Bonchev–Trinajstić information content (AvgIpc) is 2.78. The Morgan fingerprint density at radius 1 is 1.65 bits per heavy atom. The highest BCUT2D eigenvalue weighted by Gasteiger charge is 2.24. The molecular weight excluding hydrogens is 228 g/mol. The van der Waals surface area contributed by atoms with E-state index in [9.17, 15) is 4.79 Å². The minimum atomic E-state index is -0.882. The van der Waals surface area contributed by atoms with E-state index in [2.05, 4.69) is 15.5 Å². The lowest BCUT2D eigenvalue weighted by Gasteiger charge is -2.22. The van der Waals surface area contributed by atoms with E-state index in [1.165, 1.54) is 4.68 Å². The van der Waals surface area contributed by atoms with Gasteiger partial charge in [0.15, 0.2) is 5.82 Å². The van der Waals surface area contributed by atoms with Crippen LogP contribution < -0.4 is 0 Å². The quantitative estimate of drug-likeness (QED) is 0.758. The van der Waals surface area contributed by atoms with Crippen LogP contribution in [0.3, 0.4) is 0 Å². The summed E-state index contributed by atoms with van der Waals surface area (Å²) >= 11 is 0. The largest absolute Gasteiger partial charge is 0.481 e. The highest BCUT2D eigenvalue weighted by molar-refractivity contribution is 5.69. The van der Waals surface area contributed by atoms with E-state index in [1.807, 2.05) is 0 Å². The third kappa shape index (κ3) is 2.77. The first-order valence-electron chi connectivity index (χ1n) is 5.36. The predicted octanol–water partition coefficient (Wildman–Crippen LogP) is -0.518. The van der Waals surface area contributed by atoms with Crippen LogP contribution in [-0.4, -0.2) is 51.1 Å². The molecule has 17 heavy (non-hydrogen) atoms. The number of ether oxygens (including phenoxy) is 2. The Balaban J connectivity index is 2.07. The van der Waals surface area contributed by atoms with Crippen LogP contribution in [-0.2, 0) is 20.8 Å². The fourth-order valence-corrected chi connectivity index (χ4v) is 1.55. The fourth-order valence-electron chi connectivity index (χ4n) is 1.55. The molecule has 1 aromatic heterocycles. The van der Waals surface area contributed by atoms with Gasteiger partial charge in [0.25, 0.3) is 0 Å². The van der Waals surface area contributed by atoms with E-state index in [1.54, 1.807) is 6.92 Å². The van der Waals surface area contributed by atoms with Gasteiger partial charge in [0.2, 0.25) is 0 Å². The van der Waals surface area contributed by atoms with Crippen molar-refractivity contribution < 1.29 is 19.4 Å². The molecule has 0 bridgehead atoms. The van der Waals surface area contributed by atoms with Gasteiger partial charge in [0, 0.05) is 0 Å². The molecule has 0 saturated carbocycles. The van der Waals surface area contributed by atoms with Crippen LogP contribution in [0.15, 0.2) is 0 Å². The number of tetrazole rings is 1. The second kappa shape index (κ2) is 5.19. The Kier molecular flexibility index (Phi) is 3.64. The van der Waals surface area contributed by atoms with Crippen molar-refractivity contribution in [2.75, 3.05) is 19.8 Å². The van der Waals surface area contributed by atoms with Crippen molar-refractivity contribution in [3.05, 3.63) is 5.82 Å². The molecule has 0 spiro atoms. The molecule has 1 fully saturated rings. The SMILES string of the molecule is CC(Cn1nnnc1C1COCCO1)C(=O)O. The molecule has 1 aliphatic heterocycles. The summed E-state index contributed by atoms with van der Waals surface area (Å²) in [6.07, 6.45) is -0.320. The zero-order chi connectivity index (χ0) is 12.3. The molecule has 1 N–H and O–H groups in total. The minimum absolute atomic E-state index is 0.220. The summed E-state index contributed by atoms with van der Waals surface area (Å²) in [6, 6.07) is 0. The maximum atomic E-state index is 10.8. The summed E-state index contributed by atoms with van der Waals surface area (Å²) in [5.41, 5.74) is 0. The third-order valence-electron chi connectivity index (χ3n) is 2.53. The topological polar surface area (TPSA) is 99.4 Å². The summed E-state index contributed by atoms with van der Waals surface area (Å²) in [5.74, 6) is -0.924. The number of nitrogens with zero attached hydrogens (tertiary/aromatic N) is 4. The summed E-state index contributed by atoms with van der Waals surface area (Å²) in [5, 5.41) is 20.0.